The summed E-state index contributed by atoms with van der Waals surface area (Å²) in [5, 5.41) is 6.04. The van der Waals surface area contributed by atoms with Gasteiger partial charge in [0.15, 0.2) is 0 Å². The Bertz CT molecular complexity index is 952. The smallest absolute Gasteiger partial charge is 0.257 e. The van der Waals surface area contributed by atoms with E-state index in [1.807, 2.05) is 37.3 Å². The lowest BCUT2D eigenvalue weighted by Gasteiger charge is -2.12. The maximum Gasteiger partial charge on any atom is 0.257 e. The van der Waals surface area contributed by atoms with E-state index < -0.39 is 0 Å². The van der Waals surface area contributed by atoms with Gasteiger partial charge < -0.3 is 24.8 Å². The molecule has 29 heavy (non-hydrogen) atoms. The average molecular weight is 393 g/mol. The molecule has 3 aromatic rings. The number of carbonyl (C=O) groups is 1. The maximum atomic E-state index is 12.5. The molecule has 0 fully saturated rings. The number of carbonyl (C=O) groups excluding carboxylic acids is 1. The quantitative estimate of drug-likeness (QED) is 0.587. The molecule has 2 N–H and O–H groups in total. The number of aromatic nitrogens is 1. The Balaban J connectivity index is 1.70. The molecular weight excluding hydrogens is 370 g/mol. The molecule has 1 aromatic heterocycles. The van der Waals surface area contributed by atoms with Crippen molar-refractivity contribution >= 4 is 23.1 Å². The van der Waals surface area contributed by atoms with Crippen molar-refractivity contribution in [3.8, 4) is 17.2 Å². The highest BCUT2D eigenvalue weighted by Crippen LogP contribution is 2.27. The second-order valence-electron chi connectivity index (χ2n) is 6.04. The van der Waals surface area contributed by atoms with E-state index in [2.05, 4.69) is 15.6 Å². The summed E-state index contributed by atoms with van der Waals surface area (Å²) < 4.78 is 16.0. The number of para-hydroxylation sites is 2. The lowest BCUT2D eigenvalue weighted by atomic mass is 10.2. The fraction of sp³-hybridized carbons (Fsp3) is 0.182. The normalized spacial score (nSPS) is 10.2. The van der Waals surface area contributed by atoms with Crippen LogP contribution in [0.3, 0.4) is 0 Å². The van der Waals surface area contributed by atoms with Crippen LogP contribution in [0.4, 0.5) is 17.2 Å². The molecule has 0 aliphatic heterocycles. The van der Waals surface area contributed by atoms with Crippen molar-refractivity contribution in [1.82, 2.24) is 4.98 Å². The fourth-order valence-electron chi connectivity index (χ4n) is 2.68. The standard InChI is InChI=1S/C22H23N3O4/c1-4-29-20-8-6-5-7-19(20)24-16-9-10-21(23-14-16)25-22(26)15-11-17(27-2)13-18(12-15)28-3/h5-14,24H,4H2,1-3H3,(H,23,25,26). The molecule has 0 unspecified atom stereocenters. The van der Waals surface area contributed by atoms with Gasteiger partial charge in [0, 0.05) is 11.6 Å². The van der Waals surface area contributed by atoms with E-state index in [0.29, 0.717) is 29.5 Å². The Morgan fingerprint density at radius 2 is 1.72 bits per heavy atom. The van der Waals surface area contributed by atoms with E-state index in [-0.39, 0.29) is 5.91 Å². The topological polar surface area (TPSA) is 81.7 Å². The van der Waals surface area contributed by atoms with Crippen LogP contribution in [0.15, 0.2) is 60.8 Å². The van der Waals surface area contributed by atoms with Crippen molar-refractivity contribution in [1.29, 1.82) is 0 Å². The molecule has 0 saturated carbocycles. The van der Waals surface area contributed by atoms with Crippen molar-refractivity contribution in [2.45, 2.75) is 6.92 Å². The first-order valence-electron chi connectivity index (χ1n) is 9.12. The third-order valence-electron chi connectivity index (χ3n) is 4.08. The Labute approximate surface area is 169 Å². The molecule has 0 spiro atoms. The summed E-state index contributed by atoms with van der Waals surface area (Å²) >= 11 is 0. The number of ether oxygens (including phenoxy) is 3. The number of rotatable bonds is 8. The molecule has 1 heterocycles. The van der Waals surface area contributed by atoms with Gasteiger partial charge in [0.2, 0.25) is 0 Å². The SMILES string of the molecule is CCOc1ccccc1Nc1ccc(NC(=O)c2cc(OC)cc(OC)c2)nc1. The number of anilines is 3. The number of amides is 1. The third-order valence-corrected chi connectivity index (χ3v) is 4.08. The molecule has 0 aliphatic carbocycles. The van der Waals surface area contributed by atoms with E-state index in [4.69, 9.17) is 14.2 Å². The summed E-state index contributed by atoms with van der Waals surface area (Å²) in [6.45, 7) is 2.52. The first-order chi connectivity index (χ1) is 14.1. The summed E-state index contributed by atoms with van der Waals surface area (Å²) in [4.78, 5) is 16.9. The van der Waals surface area contributed by atoms with Crippen LogP contribution in [0.1, 0.15) is 17.3 Å². The third kappa shape index (κ3) is 5.16. The van der Waals surface area contributed by atoms with Crippen LogP contribution in [0, 0.1) is 0 Å². The molecule has 150 valence electrons. The van der Waals surface area contributed by atoms with Gasteiger partial charge in [-0.15, -0.1) is 0 Å². The number of benzene rings is 2. The van der Waals surface area contributed by atoms with Crippen LogP contribution < -0.4 is 24.8 Å². The van der Waals surface area contributed by atoms with Gasteiger partial charge in [-0.25, -0.2) is 4.98 Å². The molecule has 3 rings (SSSR count). The zero-order chi connectivity index (χ0) is 20.6. The monoisotopic (exact) mass is 393 g/mol. The summed E-state index contributed by atoms with van der Waals surface area (Å²) in [6, 6.07) is 16.2. The van der Waals surface area contributed by atoms with Gasteiger partial charge in [0.05, 0.1) is 38.4 Å². The predicted octanol–water partition coefficient (Wildman–Crippen LogP) is 4.49. The van der Waals surface area contributed by atoms with Crippen LogP contribution in [-0.4, -0.2) is 31.7 Å². The Morgan fingerprint density at radius 3 is 2.34 bits per heavy atom. The highest BCUT2D eigenvalue weighted by atomic mass is 16.5. The number of pyridine rings is 1. The van der Waals surface area contributed by atoms with Gasteiger partial charge in [-0.3, -0.25) is 4.79 Å². The highest BCUT2D eigenvalue weighted by Gasteiger charge is 2.11. The van der Waals surface area contributed by atoms with Crippen molar-refractivity contribution < 1.29 is 19.0 Å². The molecule has 0 radical (unpaired) electrons. The van der Waals surface area contributed by atoms with E-state index in [0.717, 1.165) is 17.1 Å². The molecule has 0 saturated heterocycles. The molecule has 0 atom stereocenters. The summed E-state index contributed by atoms with van der Waals surface area (Å²) in [5.74, 6) is 1.96. The number of nitrogens with one attached hydrogen (secondary N) is 2. The van der Waals surface area contributed by atoms with Crippen LogP contribution in [0.5, 0.6) is 17.2 Å². The van der Waals surface area contributed by atoms with Gasteiger partial charge in [-0.1, -0.05) is 12.1 Å². The van der Waals surface area contributed by atoms with Crippen LogP contribution in [-0.2, 0) is 0 Å². The van der Waals surface area contributed by atoms with E-state index in [9.17, 15) is 4.79 Å². The predicted molar refractivity (Wildman–Crippen MR) is 113 cm³/mol. The van der Waals surface area contributed by atoms with Crippen molar-refractivity contribution in [3.63, 3.8) is 0 Å². The largest absolute Gasteiger partial charge is 0.497 e. The number of nitrogens with zero attached hydrogens (tertiary/aromatic N) is 1. The average Bonchev–Trinajstić information content (AvgIpc) is 2.76. The zero-order valence-corrected chi connectivity index (χ0v) is 16.6. The Kier molecular flexibility index (Phi) is 6.52. The first-order valence-corrected chi connectivity index (χ1v) is 9.12. The van der Waals surface area contributed by atoms with Crippen molar-refractivity contribution in [2.75, 3.05) is 31.5 Å². The minimum absolute atomic E-state index is 0.308. The van der Waals surface area contributed by atoms with E-state index >= 15 is 0 Å². The summed E-state index contributed by atoms with van der Waals surface area (Å²) in [7, 11) is 3.07. The summed E-state index contributed by atoms with van der Waals surface area (Å²) in [5.41, 5.74) is 2.03. The van der Waals surface area contributed by atoms with Crippen molar-refractivity contribution in [3.05, 3.63) is 66.4 Å². The minimum atomic E-state index is -0.308. The van der Waals surface area contributed by atoms with Gasteiger partial charge in [-0.05, 0) is 43.3 Å². The molecular formula is C22H23N3O4. The van der Waals surface area contributed by atoms with Gasteiger partial charge in [-0.2, -0.15) is 0 Å². The number of methoxy groups -OCH3 is 2. The molecule has 7 nitrogen and oxygen atoms in total. The van der Waals surface area contributed by atoms with Crippen LogP contribution in [0.2, 0.25) is 0 Å². The molecule has 2 aromatic carbocycles. The maximum absolute atomic E-state index is 12.5. The molecule has 0 aliphatic rings. The number of hydrogen-bond acceptors (Lipinski definition) is 6. The minimum Gasteiger partial charge on any atom is -0.497 e. The van der Waals surface area contributed by atoms with E-state index in [1.165, 1.54) is 14.2 Å². The first kappa shape index (κ1) is 20.0. The van der Waals surface area contributed by atoms with Gasteiger partial charge in [0.25, 0.3) is 5.91 Å². The molecule has 7 heteroatoms. The second-order valence-corrected chi connectivity index (χ2v) is 6.04. The second kappa shape index (κ2) is 9.45. The fourth-order valence-corrected chi connectivity index (χ4v) is 2.68. The number of hydrogen-bond donors (Lipinski definition) is 2. The zero-order valence-electron chi connectivity index (χ0n) is 16.6. The Hall–Kier alpha value is -3.74. The lowest BCUT2D eigenvalue weighted by molar-refractivity contribution is 0.102. The Morgan fingerprint density at radius 1 is 1.00 bits per heavy atom. The lowest BCUT2D eigenvalue weighted by Crippen LogP contribution is -2.13. The van der Waals surface area contributed by atoms with Gasteiger partial charge >= 0.3 is 0 Å². The van der Waals surface area contributed by atoms with Gasteiger partial charge in [0.1, 0.15) is 23.1 Å². The summed E-state index contributed by atoms with van der Waals surface area (Å²) in [6.07, 6.45) is 1.64. The van der Waals surface area contributed by atoms with Crippen molar-refractivity contribution in [2.24, 2.45) is 0 Å². The highest BCUT2D eigenvalue weighted by molar-refractivity contribution is 6.04. The van der Waals surface area contributed by atoms with Crippen LogP contribution in [0.25, 0.3) is 0 Å². The molecule has 1 amide bonds. The van der Waals surface area contributed by atoms with E-state index in [1.54, 1.807) is 30.5 Å². The molecule has 0 bridgehead atoms. The van der Waals surface area contributed by atoms with Crippen LogP contribution >= 0.6 is 0 Å².